The van der Waals surface area contributed by atoms with Crippen LogP contribution in [0.25, 0.3) is 0 Å². The molecule has 152 valence electrons. The van der Waals surface area contributed by atoms with E-state index in [1.807, 2.05) is 44.2 Å². The molecule has 0 heterocycles. The summed E-state index contributed by atoms with van der Waals surface area (Å²) < 4.78 is 26.6. The van der Waals surface area contributed by atoms with Crippen molar-refractivity contribution >= 4 is 15.9 Å². The molecular weight excluding hydrogens is 372 g/mol. The van der Waals surface area contributed by atoms with Gasteiger partial charge in [0.25, 0.3) is 0 Å². The highest BCUT2D eigenvalue weighted by Gasteiger charge is 2.24. The van der Waals surface area contributed by atoms with E-state index in [0.717, 1.165) is 21.0 Å². The van der Waals surface area contributed by atoms with Crippen LogP contribution in [0.3, 0.4) is 0 Å². The fourth-order valence-corrected chi connectivity index (χ4v) is 4.27. The van der Waals surface area contributed by atoms with Crippen LogP contribution in [-0.2, 0) is 14.8 Å². The van der Waals surface area contributed by atoms with Crippen molar-refractivity contribution in [3.63, 3.8) is 0 Å². The average Bonchev–Trinajstić information content (AvgIpc) is 2.64. The molecule has 0 aliphatic heterocycles. The monoisotopic (exact) mass is 402 g/mol. The molecule has 0 radical (unpaired) electrons. The quantitative estimate of drug-likeness (QED) is 0.735. The predicted octanol–water partition coefficient (Wildman–Crippen LogP) is 3.48. The van der Waals surface area contributed by atoms with Crippen LogP contribution in [0.1, 0.15) is 36.5 Å². The number of sulfonamides is 1. The summed E-state index contributed by atoms with van der Waals surface area (Å²) in [4.78, 5) is 12.6. The number of hydrogen-bond acceptors (Lipinski definition) is 3. The zero-order valence-electron chi connectivity index (χ0n) is 17.3. The lowest BCUT2D eigenvalue weighted by Gasteiger charge is -2.23. The molecule has 0 aliphatic carbocycles. The summed E-state index contributed by atoms with van der Waals surface area (Å²) in [5.74, 6) is 0.211. The summed E-state index contributed by atoms with van der Waals surface area (Å²) in [6, 6.07) is 15.0. The van der Waals surface area contributed by atoms with Crippen LogP contribution in [0.4, 0.5) is 0 Å². The van der Waals surface area contributed by atoms with Gasteiger partial charge < -0.3 is 5.32 Å². The van der Waals surface area contributed by atoms with Crippen molar-refractivity contribution < 1.29 is 13.2 Å². The molecule has 0 bridgehead atoms. The first-order valence-corrected chi connectivity index (χ1v) is 10.9. The third-order valence-corrected chi connectivity index (χ3v) is 6.90. The number of likely N-dealkylation sites (N-methyl/N-ethyl adjacent to an activating group) is 1. The van der Waals surface area contributed by atoms with E-state index >= 15 is 0 Å². The van der Waals surface area contributed by atoms with Gasteiger partial charge in [-0.2, -0.15) is 4.31 Å². The van der Waals surface area contributed by atoms with E-state index in [-0.39, 0.29) is 23.3 Å². The summed E-state index contributed by atoms with van der Waals surface area (Å²) in [5.41, 5.74) is 3.09. The highest BCUT2D eigenvalue weighted by molar-refractivity contribution is 7.89. The second kappa shape index (κ2) is 9.34. The van der Waals surface area contributed by atoms with Gasteiger partial charge in [0, 0.05) is 19.5 Å². The van der Waals surface area contributed by atoms with Crippen LogP contribution in [0.5, 0.6) is 0 Å². The Morgan fingerprint density at radius 2 is 1.68 bits per heavy atom. The minimum absolute atomic E-state index is 0.173. The predicted molar refractivity (Wildman–Crippen MR) is 113 cm³/mol. The molecular formula is C22H30N2O3S. The number of benzene rings is 2. The Balaban J connectivity index is 2.02. The molecule has 1 atom stereocenters. The third-order valence-electron chi connectivity index (χ3n) is 5.10. The van der Waals surface area contributed by atoms with E-state index in [9.17, 15) is 13.2 Å². The van der Waals surface area contributed by atoms with Crippen molar-refractivity contribution in [1.82, 2.24) is 9.62 Å². The van der Waals surface area contributed by atoms with Crippen molar-refractivity contribution in [2.24, 2.45) is 5.92 Å². The largest absolute Gasteiger partial charge is 0.354 e. The average molecular weight is 403 g/mol. The number of nitrogens with zero attached hydrogens (tertiary/aromatic N) is 1. The van der Waals surface area contributed by atoms with Gasteiger partial charge in [0.05, 0.1) is 11.4 Å². The topological polar surface area (TPSA) is 66.5 Å². The molecule has 0 saturated carbocycles. The van der Waals surface area contributed by atoms with Crippen molar-refractivity contribution in [1.29, 1.82) is 0 Å². The molecule has 1 N–H and O–H groups in total. The van der Waals surface area contributed by atoms with E-state index in [0.29, 0.717) is 12.5 Å². The highest BCUT2D eigenvalue weighted by Crippen LogP contribution is 2.23. The smallest absolute Gasteiger partial charge is 0.243 e. The normalized spacial score (nSPS) is 13.0. The lowest BCUT2D eigenvalue weighted by molar-refractivity contribution is -0.121. The highest BCUT2D eigenvalue weighted by atomic mass is 32.2. The third kappa shape index (κ3) is 5.42. The fourth-order valence-electron chi connectivity index (χ4n) is 3.06. The molecule has 2 aromatic rings. The van der Waals surface area contributed by atoms with E-state index in [1.165, 1.54) is 7.05 Å². The van der Waals surface area contributed by atoms with Gasteiger partial charge in [0.15, 0.2) is 0 Å². The second-order valence-electron chi connectivity index (χ2n) is 7.57. The number of hydrogen-bond donors (Lipinski definition) is 1. The van der Waals surface area contributed by atoms with Gasteiger partial charge in [0.1, 0.15) is 0 Å². The minimum atomic E-state index is -3.71. The lowest BCUT2D eigenvalue weighted by atomic mass is 9.88. The van der Waals surface area contributed by atoms with Crippen molar-refractivity contribution in [2.75, 3.05) is 20.1 Å². The van der Waals surface area contributed by atoms with Crippen molar-refractivity contribution in [2.45, 2.75) is 38.5 Å². The molecule has 5 nitrogen and oxygen atoms in total. The van der Waals surface area contributed by atoms with Crippen molar-refractivity contribution in [3.8, 4) is 0 Å². The van der Waals surface area contributed by atoms with Crippen LogP contribution < -0.4 is 5.32 Å². The molecule has 2 aromatic carbocycles. The Bertz CT molecular complexity index is 909. The van der Waals surface area contributed by atoms with Crippen LogP contribution in [0, 0.1) is 19.8 Å². The summed E-state index contributed by atoms with van der Waals surface area (Å²) in [5, 5.41) is 2.89. The van der Waals surface area contributed by atoms with E-state index in [4.69, 9.17) is 0 Å². The molecule has 0 aliphatic rings. The summed E-state index contributed by atoms with van der Waals surface area (Å²) >= 11 is 0. The zero-order chi connectivity index (χ0) is 20.9. The Morgan fingerprint density at radius 3 is 2.25 bits per heavy atom. The molecule has 0 saturated heterocycles. The van der Waals surface area contributed by atoms with Crippen LogP contribution in [0.15, 0.2) is 53.4 Å². The van der Waals surface area contributed by atoms with Gasteiger partial charge in [-0.3, -0.25) is 4.79 Å². The number of carbonyl (C=O) groups is 1. The maximum atomic E-state index is 12.7. The first-order valence-electron chi connectivity index (χ1n) is 9.48. The number of carbonyl (C=O) groups excluding carboxylic acids is 1. The number of rotatable bonds is 8. The van der Waals surface area contributed by atoms with Crippen molar-refractivity contribution in [3.05, 3.63) is 65.2 Å². The Morgan fingerprint density at radius 1 is 1.04 bits per heavy atom. The SMILES string of the molecule is Cc1ccc(S(=O)(=O)N(C)CC(=O)NCC(c2ccccc2)C(C)C)cc1C. The summed E-state index contributed by atoms with van der Waals surface area (Å²) in [6.07, 6.45) is 0. The molecule has 2 rings (SSSR count). The maximum absolute atomic E-state index is 12.7. The van der Waals surface area contributed by atoms with E-state index in [2.05, 4.69) is 19.2 Å². The maximum Gasteiger partial charge on any atom is 0.243 e. The number of aryl methyl sites for hydroxylation is 2. The summed E-state index contributed by atoms with van der Waals surface area (Å²) in [6.45, 7) is 8.28. The Labute approximate surface area is 168 Å². The van der Waals surface area contributed by atoms with Gasteiger partial charge in [-0.05, 0) is 48.6 Å². The van der Waals surface area contributed by atoms with Crippen LogP contribution in [0.2, 0.25) is 0 Å². The first kappa shape index (κ1) is 22.1. The van der Waals surface area contributed by atoms with E-state index in [1.54, 1.807) is 18.2 Å². The first-order chi connectivity index (χ1) is 13.1. The fraction of sp³-hybridized carbons (Fsp3) is 0.409. The molecule has 6 heteroatoms. The van der Waals surface area contributed by atoms with Gasteiger partial charge >= 0.3 is 0 Å². The van der Waals surface area contributed by atoms with Gasteiger partial charge in [0.2, 0.25) is 15.9 Å². The molecule has 1 amide bonds. The van der Waals surface area contributed by atoms with Gasteiger partial charge in [-0.15, -0.1) is 0 Å². The standard InChI is InChI=1S/C22H30N2O3S/c1-16(2)21(19-9-7-6-8-10-19)14-23-22(25)15-24(5)28(26,27)20-12-11-17(3)18(4)13-20/h6-13,16,21H,14-15H2,1-5H3,(H,23,25). The second-order valence-corrected chi connectivity index (χ2v) is 9.62. The molecule has 0 aromatic heterocycles. The molecule has 0 spiro atoms. The molecule has 0 fully saturated rings. The Hall–Kier alpha value is -2.18. The van der Waals surface area contributed by atoms with Gasteiger partial charge in [-0.1, -0.05) is 50.2 Å². The Kier molecular flexibility index (Phi) is 7.38. The van der Waals surface area contributed by atoms with E-state index < -0.39 is 10.0 Å². The number of nitrogens with one attached hydrogen (secondary N) is 1. The summed E-state index contributed by atoms with van der Waals surface area (Å²) in [7, 11) is -2.28. The molecule has 28 heavy (non-hydrogen) atoms. The van der Waals surface area contributed by atoms with Crippen LogP contribution in [-0.4, -0.2) is 38.8 Å². The molecule has 1 unspecified atom stereocenters. The zero-order valence-corrected chi connectivity index (χ0v) is 18.1. The number of amides is 1. The van der Waals surface area contributed by atoms with Crippen LogP contribution >= 0.6 is 0 Å². The van der Waals surface area contributed by atoms with Gasteiger partial charge in [-0.25, -0.2) is 8.42 Å². The lowest BCUT2D eigenvalue weighted by Crippen LogP contribution is -2.40. The minimum Gasteiger partial charge on any atom is -0.354 e.